The van der Waals surface area contributed by atoms with E-state index >= 15 is 0 Å². The second-order valence-corrected chi connectivity index (χ2v) is 6.78. The Balaban J connectivity index is 2.86. The summed E-state index contributed by atoms with van der Waals surface area (Å²) in [6.07, 6.45) is 1.93. The maximum Gasteiger partial charge on any atom is 0.323 e. The molecule has 0 saturated carbocycles. The van der Waals surface area contributed by atoms with Crippen LogP contribution in [0, 0.1) is 0 Å². The SMILES string of the molecule is C=CCC(N)C(=O)N(CC(=O)O)C1CCS(=O)(=O)C1. The van der Waals surface area contributed by atoms with Gasteiger partial charge >= 0.3 is 5.97 Å². The third kappa shape index (κ3) is 4.32. The predicted octanol–water partition coefficient (Wildman–Crippen LogP) is -1.01. The van der Waals surface area contributed by atoms with Crippen molar-refractivity contribution in [2.75, 3.05) is 18.1 Å². The van der Waals surface area contributed by atoms with Gasteiger partial charge in [0.2, 0.25) is 5.91 Å². The van der Waals surface area contributed by atoms with Crippen molar-refractivity contribution < 1.29 is 23.1 Å². The highest BCUT2D eigenvalue weighted by molar-refractivity contribution is 7.91. The number of rotatable bonds is 6. The fraction of sp³-hybridized carbons (Fsp3) is 0.636. The van der Waals surface area contributed by atoms with Crippen LogP contribution < -0.4 is 5.73 Å². The zero-order chi connectivity index (χ0) is 14.6. The summed E-state index contributed by atoms with van der Waals surface area (Å²) in [6.45, 7) is 2.92. The van der Waals surface area contributed by atoms with E-state index in [4.69, 9.17) is 10.8 Å². The van der Waals surface area contributed by atoms with Gasteiger partial charge in [0.15, 0.2) is 9.84 Å². The van der Waals surface area contributed by atoms with Gasteiger partial charge in [0.25, 0.3) is 0 Å². The van der Waals surface area contributed by atoms with Crippen LogP contribution in [0.25, 0.3) is 0 Å². The molecule has 19 heavy (non-hydrogen) atoms. The van der Waals surface area contributed by atoms with Gasteiger partial charge in [-0.1, -0.05) is 6.08 Å². The maximum atomic E-state index is 12.1. The number of hydrogen-bond acceptors (Lipinski definition) is 5. The maximum absolute atomic E-state index is 12.1. The summed E-state index contributed by atoms with van der Waals surface area (Å²) in [7, 11) is -3.20. The van der Waals surface area contributed by atoms with Crippen LogP contribution in [0.5, 0.6) is 0 Å². The Bertz CT molecular complexity index is 473. The fourth-order valence-electron chi connectivity index (χ4n) is 2.05. The van der Waals surface area contributed by atoms with Crippen molar-refractivity contribution in [2.45, 2.75) is 24.9 Å². The molecular formula is C11H18N2O5S. The fourth-order valence-corrected chi connectivity index (χ4v) is 3.78. The van der Waals surface area contributed by atoms with E-state index in [1.807, 2.05) is 0 Å². The lowest BCUT2D eigenvalue weighted by molar-refractivity contribution is -0.146. The minimum Gasteiger partial charge on any atom is -0.480 e. The van der Waals surface area contributed by atoms with E-state index in [1.165, 1.54) is 6.08 Å². The van der Waals surface area contributed by atoms with Crippen molar-refractivity contribution in [3.05, 3.63) is 12.7 Å². The Kier molecular flexibility index (Phi) is 5.07. The zero-order valence-electron chi connectivity index (χ0n) is 10.5. The lowest BCUT2D eigenvalue weighted by Gasteiger charge is -2.28. The number of sulfone groups is 1. The lowest BCUT2D eigenvalue weighted by Crippen LogP contribution is -2.51. The number of amides is 1. The van der Waals surface area contributed by atoms with Gasteiger partial charge in [0, 0.05) is 6.04 Å². The van der Waals surface area contributed by atoms with Gasteiger partial charge in [-0.15, -0.1) is 6.58 Å². The molecule has 1 aliphatic heterocycles. The highest BCUT2D eigenvalue weighted by Gasteiger charge is 2.36. The second-order valence-electron chi connectivity index (χ2n) is 4.55. The van der Waals surface area contributed by atoms with Crippen molar-refractivity contribution >= 4 is 21.7 Å². The molecule has 1 heterocycles. The van der Waals surface area contributed by atoms with Crippen molar-refractivity contribution in [3.63, 3.8) is 0 Å². The first-order chi connectivity index (χ1) is 8.76. The topological polar surface area (TPSA) is 118 Å². The van der Waals surface area contributed by atoms with E-state index in [9.17, 15) is 18.0 Å². The van der Waals surface area contributed by atoms with Gasteiger partial charge < -0.3 is 15.7 Å². The Morgan fingerprint density at radius 1 is 1.53 bits per heavy atom. The van der Waals surface area contributed by atoms with Gasteiger partial charge in [-0.25, -0.2) is 8.42 Å². The van der Waals surface area contributed by atoms with E-state index in [1.54, 1.807) is 0 Å². The molecule has 0 aromatic heterocycles. The minimum atomic E-state index is -3.20. The van der Waals surface area contributed by atoms with Crippen molar-refractivity contribution in [2.24, 2.45) is 5.73 Å². The molecule has 1 saturated heterocycles. The Labute approximate surface area is 112 Å². The number of carbonyl (C=O) groups excluding carboxylic acids is 1. The number of hydrogen-bond donors (Lipinski definition) is 2. The molecule has 7 nitrogen and oxygen atoms in total. The highest BCUT2D eigenvalue weighted by Crippen LogP contribution is 2.18. The van der Waals surface area contributed by atoms with Crippen molar-refractivity contribution in [1.29, 1.82) is 0 Å². The second kappa shape index (κ2) is 6.16. The number of nitrogens with zero attached hydrogens (tertiary/aromatic N) is 1. The lowest BCUT2D eigenvalue weighted by atomic mass is 10.1. The van der Waals surface area contributed by atoms with E-state index in [0.29, 0.717) is 0 Å². The van der Waals surface area contributed by atoms with Crippen molar-refractivity contribution in [3.8, 4) is 0 Å². The number of nitrogens with two attached hydrogens (primary N) is 1. The van der Waals surface area contributed by atoms with Gasteiger partial charge in [-0.3, -0.25) is 9.59 Å². The summed E-state index contributed by atoms with van der Waals surface area (Å²) in [5.41, 5.74) is 5.63. The first-order valence-corrected chi connectivity index (χ1v) is 7.68. The molecule has 1 aliphatic rings. The molecule has 1 rings (SSSR count). The van der Waals surface area contributed by atoms with Crippen LogP contribution in [0.2, 0.25) is 0 Å². The van der Waals surface area contributed by atoms with E-state index in [2.05, 4.69) is 6.58 Å². The van der Waals surface area contributed by atoms with Crippen LogP contribution in [0.15, 0.2) is 12.7 Å². The first kappa shape index (κ1) is 15.6. The summed E-state index contributed by atoms with van der Waals surface area (Å²) in [5, 5.41) is 8.83. The Morgan fingerprint density at radius 3 is 2.58 bits per heavy atom. The molecule has 0 spiro atoms. The number of aliphatic carboxylic acids is 1. The van der Waals surface area contributed by atoms with Crippen LogP contribution >= 0.6 is 0 Å². The average Bonchev–Trinajstić information content (AvgIpc) is 2.65. The predicted molar refractivity (Wildman–Crippen MR) is 69.2 cm³/mol. The number of carboxylic acid groups (broad SMARTS) is 1. The van der Waals surface area contributed by atoms with Crippen LogP contribution in [0.3, 0.4) is 0 Å². The largest absolute Gasteiger partial charge is 0.480 e. The van der Waals surface area contributed by atoms with Gasteiger partial charge in [0.1, 0.15) is 6.54 Å². The molecule has 2 atom stereocenters. The van der Waals surface area contributed by atoms with Crippen LogP contribution in [-0.2, 0) is 19.4 Å². The molecule has 8 heteroatoms. The van der Waals surface area contributed by atoms with Crippen LogP contribution in [-0.4, -0.2) is 60.4 Å². The third-order valence-corrected chi connectivity index (χ3v) is 4.73. The smallest absolute Gasteiger partial charge is 0.323 e. The van der Waals surface area contributed by atoms with Gasteiger partial charge in [-0.2, -0.15) is 0 Å². The Hall–Kier alpha value is -1.41. The molecule has 0 aliphatic carbocycles. The molecule has 0 aromatic rings. The molecule has 3 N–H and O–H groups in total. The average molecular weight is 290 g/mol. The van der Waals surface area contributed by atoms with E-state index in [0.717, 1.165) is 4.90 Å². The highest BCUT2D eigenvalue weighted by atomic mass is 32.2. The summed E-state index contributed by atoms with van der Waals surface area (Å²) < 4.78 is 22.8. The third-order valence-electron chi connectivity index (χ3n) is 2.98. The van der Waals surface area contributed by atoms with Crippen LogP contribution in [0.1, 0.15) is 12.8 Å². The normalized spacial score (nSPS) is 22.7. The van der Waals surface area contributed by atoms with E-state index < -0.39 is 40.3 Å². The minimum absolute atomic E-state index is 0.0300. The first-order valence-electron chi connectivity index (χ1n) is 5.86. The number of carboxylic acids is 1. The standard InChI is InChI=1S/C11H18N2O5S/c1-2-3-9(12)11(16)13(6-10(14)15)8-4-5-19(17,18)7-8/h2,8-9H,1,3-7,12H2,(H,14,15). The van der Waals surface area contributed by atoms with Crippen LogP contribution in [0.4, 0.5) is 0 Å². The molecule has 108 valence electrons. The molecule has 2 unspecified atom stereocenters. The Morgan fingerprint density at radius 2 is 2.16 bits per heavy atom. The number of carbonyl (C=O) groups is 2. The summed E-state index contributed by atoms with van der Waals surface area (Å²) in [4.78, 5) is 23.9. The molecule has 0 aromatic carbocycles. The summed E-state index contributed by atoms with van der Waals surface area (Å²) in [6, 6.07) is -1.50. The molecular weight excluding hydrogens is 272 g/mol. The molecule has 1 amide bonds. The molecule has 0 radical (unpaired) electrons. The zero-order valence-corrected chi connectivity index (χ0v) is 11.3. The monoisotopic (exact) mass is 290 g/mol. The summed E-state index contributed by atoms with van der Waals surface area (Å²) >= 11 is 0. The van der Waals surface area contributed by atoms with Gasteiger partial charge in [-0.05, 0) is 12.8 Å². The van der Waals surface area contributed by atoms with E-state index in [-0.39, 0.29) is 24.3 Å². The van der Waals surface area contributed by atoms with Crippen molar-refractivity contribution in [1.82, 2.24) is 4.90 Å². The summed E-state index contributed by atoms with van der Waals surface area (Å²) in [5.74, 6) is -1.97. The van der Waals surface area contributed by atoms with Gasteiger partial charge in [0.05, 0.1) is 17.5 Å². The quantitative estimate of drug-likeness (QED) is 0.605. The molecule has 1 fully saturated rings. The molecule has 0 bridgehead atoms.